The fourth-order valence-electron chi connectivity index (χ4n) is 2.94. The van der Waals surface area contributed by atoms with Crippen LogP contribution in [0.2, 0.25) is 0 Å². The van der Waals surface area contributed by atoms with E-state index in [1.807, 2.05) is 35.0 Å². The van der Waals surface area contributed by atoms with Gasteiger partial charge in [-0.3, -0.25) is 9.78 Å². The van der Waals surface area contributed by atoms with Crippen molar-refractivity contribution < 1.29 is 0 Å². The van der Waals surface area contributed by atoms with Gasteiger partial charge in [0.05, 0.1) is 29.0 Å². The van der Waals surface area contributed by atoms with Crippen molar-refractivity contribution in [3.05, 3.63) is 65.0 Å². The van der Waals surface area contributed by atoms with Crippen LogP contribution in [0.25, 0.3) is 27.7 Å². The second kappa shape index (κ2) is 4.72. The van der Waals surface area contributed by atoms with Crippen molar-refractivity contribution in [2.24, 2.45) is 0 Å². The van der Waals surface area contributed by atoms with Gasteiger partial charge in [-0.25, -0.2) is 9.67 Å². The molecule has 0 aliphatic rings. The average Bonchev–Trinajstić information content (AvgIpc) is 3.23. The highest BCUT2D eigenvalue weighted by atomic mass is 16.1. The topological polar surface area (TPSA) is 93.8 Å². The maximum absolute atomic E-state index is 12.2. The maximum Gasteiger partial charge on any atom is 0.261 e. The Kier molecular flexibility index (Phi) is 2.55. The smallest absolute Gasteiger partial charge is 0.261 e. The third-order valence-electron chi connectivity index (χ3n) is 4.04. The summed E-state index contributed by atoms with van der Waals surface area (Å²) in [6, 6.07) is 10.0. The van der Waals surface area contributed by atoms with Gasteiger partial charge < -0.3 is 0 Å². The molecule has 0 fully saturated rings. The lowest BCUT2D eigenvalue weighted by Crippen LogP contribution is -2.11. The quantitative estimate of drug-likeness (QED) is 0.530. The van der Waals surface area contributed by atoms with Crippen molar-refractivity contribution in [2.45, 2.75) is 6.54 Å². The van der Waals surface area contributed by atoms with E-state index in [4.69, 9.17) is 0 Å². The second-order valence-corrected chi connectivity index (χ2v) is 5.50. The van der Waals surface area contributed by atoms with E-state index in [2.05, 4.69) is 25.1 Å². The Morgan fingerprint density at radius 3 is 2.75 bits per heavy atom. The molecule has 4 aromatic heterocycles. The van der Waals surface area contributed by atoms with Gasteiger partial charge in [-0.15, -0.1) is 0 Å². The Balaban J connectivity index is 1.82. The van der Waals surface area contributed by atoms with Crippen LogP contribution in [-0.4, -0.2) is 34.3 Å². The fourth-order valence-corrected chi connectivity index (χ4v) is 2.94. The van der Waals surface area contributed by atoms with Crippen LogP contribution in [0.3, 0.4) is 0 Å². The van der Waals surface area contributed by atoms with Crippen molar-refractivity contribution in [3.8, 4) is 0 Å². The third-order valence-corrected chi connectivity index (χ3v) is 4.04. The number of benzene rings is 1. The van der Waals surface area contributed by atoms with Crippen LogP contribution in [0.4, 0.5) is 0 Å². The molecule has 1 aromatic carbocycles. The summed E-state index contributed by atoms with van der Waals surface area (Å²) in [5.74, 6) is 0.399. The molecular formula is C16H11N7O. The lowest BCUT2D eigenvalue weighted by Gasteiger charge is -2.04. The summed E-state index contributed by atoms with van der Waals surface area (Å²) in [5, 5.41) is 9.87. The Bertz CT molecular complexity index is 1250. The number of hydrogen-bond acceptors (Lipinski definition) is 5. The normalized spacial score (nSPS) is 11.7. The minimum absolute atomic E-state index is 0.240. The van der Waals surface area contributed by atoms with Crippen molar-refractivity contribution in [2.75, 3.05) is 0 Å². The van der Waals surface area contributed by atoms with Gasteiger partial charge in [0.2, 0.25) is 5.78 Å². The minimum atomic E-state index is -0.240. The van der Waals surface area contributed by atoms with E-state index in [0.29, 0.717) is 28.9 Å². The predicted molar refractivity (Wildman–Crippen MR) is 87.7 cm³/mol. The van der Waals surface area contributed by atoms with E-state index < -0.39 is 0 Å². The van der Waals surface area contributed by atoms with E-state index in [1.54, 1.807) is 16.9 Å². The van der Waals surface area contributed by atoms with Gasteiger partial charge in [-0.2, -0.15) is 19.7 Å². The zero-order valence-corrected chi connectivity index (χ0v) is 12.4. The number of aromatic amines is 1. The van der Waals surface area contributed by atoms with Crippen molar-refractivity contribution >= 4 is 27.7 Å². The first-order chi connectivity index (χ1) is 11.8. The van der Waals surface area contributed by atoms with Crippen LogP contribution in [-0.2, 0) is 6.54 Å². The highest BCUT2D eigenvalue weighted by Crippen LogP contribution is 2.21. The SMILES string of the molecule is O=c1[nH]c2ncnn2c2c1cnc1c2cnn1Cc1ccccc1. The van der Waals surface area contributed by atoms with Gasteiger partial charge in [0.25, 0.3) is 5.56 Å². The molecular weight excluding hydrogens is 306 g/mol. The summed E-state index contributed by atoms with van der Waals surface area (Å²) in [6.45, 7) is 0.604. The first kappa shape index (κ1) is 12.9. The number of nitrogens with zero attached hydrogens (tertiary/aromatic N) is 6. The van der Waals surface area contributed by atoms with Gasteiger partial charge in [-0.1, -0.05) is 30.3 Å². The van der Waals surface area contributed by atoms with Crippen molar-refractivity contribution in [3.63, 3.8) is 0 Å². The second-order valence-electron chi connectivity index (χ2n) is 5.50. The van der Waals surface area contributed by atoms with Crippen LogP contribution in [0.15, 0.2) is 53.8 Å². The molecule has 0 radical (unpaired) electrons. The molecule has 0 saturated carbocycles. The molecule has 0 amide bonds. The zero-order valence-electron chi connectivity index (χ0n) is 12.4. The number of fused-ring (bicyclic) bond motifs is 5. The molecule has 8 heteroatoms. The molecule has 0 unspecified atom stereocenters. The fraction of sp³-hybridized carbons (Fsp3) is 0.0625. The number of pyridine rings is 1. The standard InChI is InChI=1S/C16H11N7O/c24-15-12-6-17-14-11(13(12)23-16(21-15)18-9-20-23)7-19-22(14)8-10-4-2-1-3-5-10/h1-7,9H,8H2,(H,18,20,21,24). The van der Waals surface area contributed by atoms with Gasteiger partial charge >= 0.3 is 0 Å². The molecule has 0 aliphatic carbocycles. The summed E-state index contributed by atoms with van der Waals surface area (Å²) < 4.78 is 3.42. The molecule has 0 aliphatic heterocycles. The van der Waals surface area contributed by atoms with Gasteiger partial charge in [0, 0.05) is 6.20 Å². The molecule has 5 aromatic rings. The molecule has 116 valence electrons. The van der Waals surface area contributed by atoms with Crippen LogP contribution in [0.1, 0.15) is 5.56 Å². The van der Waals surface area contributed by atoms with Crippen LogP contribution >= 0.6 is 0 Å². The van der Waals surface area contributed by atoms with Crippen LogP contribution in [0.5, 0.6) is 0 Å². The monoisotopic (exact) mass is 317 g/mol. The van der Waals surface area contributed by atoms with E-state index in [1.165, 1.54) is 6.33 Å². The highest BCUT2D eigenvalue weighted by Gasteiger charge is 2.14. The molecule has 5 rings (SSSR count). The minimum Gasteiger partial charge on any atom is -0.290 e. The lowest BCUT2D eigenvalue weighted by molar-refractivity contribution is 0.704. The lowest BCUT2D eigenvalue weighted by atomic mass is 10.2. The van der Waals surface area contributed by atoms with Gasteiger partial charge in [-0.05, 0) is 5.56 Å². The van der Waals surface area contributed by atoms with Crippen molar-refractivity contribution in [1.82, 2.24) is 34.3 Å². The molecule has 24 heavy (non-hydrogen) atoms. The maximum atomic E-state index is 12.2. The summed E-state index contributed by atoms with van der Waals surface area (Å²) in [4.78, 5) is 23.4. The molecule has 0 atom stereocenters. The molecule has 0 saturated heterocycles. The first-order valence-corrected chi connectivity index (χ1v) is 7.41. The molecule has 0 spiro atoms. The molecule has 0 bridgehead atoms. The molecule has 8 nitrogen and oxygen atoms in total. The average molecular weight is 317 g/mol. The number of rotatable bonds is 2. The van der Waals surface area contributed by atoms with Crippen LogP contribution in [0, 0.1) is 0 Å². The third kappa shape index (κ3) is 1.76. The summed E-state index contributed by atoms with van der Waals surface area (Å²) in [6.07, 6.45) is 4.68. The Morgan fingerprint density at radius 1 is 1.00 bits per heavy atom. The van der Waals surface area contributed by atoms with E-state index >= 15 is 0 Å². The van der Waals surface area contributed by atoms with Crippen LogP contribution < -0.4 is 5.56 Å². The Morgan fingerprint density at radius 2 is 1.88 bits per heavy atom. The summed E-state index contributed by atoms with van der Waals surface area (Å²) >= 11 is 0. The molecule has 4 heterocycles. The number of aromatic nitrogens is 7. The summed E-state index contributed by atoms with van der Waals surface area (Å²) in [5.41, 5.74) is 2.25. The number of nitrogens with one attached hydrogen (secondary N) is 1. The molecule has 1 N–H and O–H groups in total. The number of H-pyrrole nitrogens is 1. The van der Waals surface area contributed by atoms with Crippen molar-refractivity contribution in [1.29, 1.82) is 0 Å². The Hall–Kier alpha value is -3.55. The highest BCUT2D eigenvalue weighted by molar-refractivity contribution is 6.01. The largest absolute Gasteiger partial charge is 0.290 e. The predicted octanol–water partition coefficient (Wildman–Crippen LogP) is 1.36. The first-order valence-electron chi connectivity index (χ1n) is 7.41. The van der Waals surface area contributed by atoms with E-state index in [-0.39, 0.29) is 5.56 Å². The van der Waals surface area contributed by atoms with E-state index in [0.717, 1.165) is 10.9 Å². The van der Waals surface area contributed by atoms with Gasteiger partial charge in [0.15, 0.2) is 5.65 Å². The zero-order chi connectivity index (χ0) is 16.1. The Labute approximate surface area is 134 Å². The van der Waals surface area contributed by atoms with Gasteiger partial charge in [0.1, 0.15) is 6.33 Å². The summed E-state index contributed by atoms with van der Waals surface area (Å²) in [7, 11) is 0. The number of hydrogen-bond donors (Lipinski definition) is 1. The van der Waals surface area contributed by atoms with E-state index in [9.17, 15) is 4.79 Å².